The Morgan fingerprint density at radius 1 is 1.04 bits per heavy atom. The van der Waals surface area contributed by atoms with E-state index in [1.54, 1.807) is 10.7 Å². The van der Waals surface area contributed by atoms with Gasteiger partial charge in [0.2, 0.25) is 5.91 Å². The van der Waals surface area contributed by atoms with Crippen molar-refractivity contribution in [1.29, 1.82) is 0 Å². The summed E-state index contributed by atoms with van der Waals surface area (Å²) in [6, 6.07) is 16.6. The molecule has 4 rings (SSSR count). The smallest absolute Gasteiger partial charge is 0.347 e. The van der Waals surface area contributed by atoms with Crippen molar-refractivity contribution in [2.24, 2.45) is 0 Å². The van der Waals surface area contributed by atoms with Crippen molar-refractivity contribution < 1.29 is 9.21 Å². The second-order valence-corrected chi connectivity index (χ2v) is 5.68. The number of rotatable bonds is 4. The van der Waals surface area contributed by atoms with Gasteiger partial charge in [0.25, 0.3) is 0 Å². The predicted octanol–water partition coefficient (Wildman–Crippen LogP) is 3.17. The summed E-state index contributed by atoms with van der Waals surface area (Å²) in [4.78, 5) is 24.2. The number of benzene rings is 2. The first-order chi connectivity index (χ1) is 12.2. The lowest BCUT2D eigenvalue weighted by atomic mass is 10.2. The summed E-state index contributed by atoms with van der Waals surface area (Å²) in [5, 5.41) is 8.33. The lowest BCUT2D eigenvalue weighted by molar-refractivity contribution is -0.116. The Morgan fingerprint density at radius 3 is 2.64 bits per heavy atom. The number of carbonyl (C=O) groups is 1. The molecule has 6 nitrogen and oxygen atoms in total. The summed E-state index contributed by atoms with van der Waals surface area (Å²) in [5.41, 5.74) is 1.53. The minimum Gasteiger partial charge on any atom is -0.422 e. The van der Waals surface area contributed by atoms with E-state index in [4.69, 9.17) is 4.42 Å². The molecule has 0 aliphatic carbocycles. The van der Waals surface area contributed by atoms with E-state index < -0.39 is 5.63 Å². The maximum Gasteiger partial charge on any atom is 0.347 e. The highest BCUT2D eigenvalue weighted by Gasteiger charge is 2.13. The van der Waals surface area contributed by atoms with Crippen molar-refractivity contribution in [2.45, 2.75) is 13.0 Å². The Bertz CT molecular complexity index is 1110. The second-order valence-electron chi connectivity index (χ2n) is 5.68. The molecule has 2 heterocycles. The van der Waals surface area contributed by atoms with E-state index in [0.717, 1.165) is 11.1 Å². The van der Waals surface area contributed by atoms with Crippen LogP contribution in [-0.2, 0) is 11.3 Å². The average Bonchev–Trinajstić information content (AvgIpc) is 3.06. The van der Waals surface area contributed by atoms with E-state index in [1.807, 2.05) is 48.5 Å². The van der Waals surface area contributed by atoms with Gasteiger partial charge in [0, 0.05) is 17.5 Å². The largest absolute Gasteiger partial charge is 0.422 e. The van der Waals surface area contributed by atoms with Crippen LogP contribution in [-0.4, -0.2) is 15.7 Å². The van der Waals surface area contributed by atoms with Crippen LogP contribution in [0.25, 0.3) is 21.9 Å². The molecule has 0 bridgehead atoms. The molecular weight excluding hydrogens is 318 g/mol. The molecule has 2 aromatic carbocycles. The van der Waals surface area contributed by atoms with E-state index in [0.29, 0.717) is 23.0 Å². The zero-order chi connectivity index (χ0) is 17.2. The van der Waals surface area contributed by atoms with Gasteiger partial charge in [-0.25, -0.2) is 4.79 Å². The fourth-order valence-electron chi connectivity index (χ4n) is 2.85. The van der Waals surface area contributed by atoms with Crippen molar-refractivity contribution in [2.75, 3.05) is 5.32 Å². The molecule has 0 radical (unpaired) electrons. The summed E-state index contributed by atoms with van der Waals surface area (Å²) < 4.78 is 6.98. The highest BCUT2D eigenvalue weighted by atomic mass is 16.4. The number of fused-ring (bicyclic) bond motifs is 3. The monoisotopic (exact) mass is 333 g/mol. The Kier molecular flexibility index (Phi) is 3.78. The molecule has 0 aliphatic heterocycles. The number of nitrogens with zero attached hydrogens (tertiary/aromatic N) is 2. The molecule has 1 N–H and O–H groups in total. The molecule has 4 aromatic rings. The first-order valence-electron chi connectivity index (χ1n) is 7.94. The lowest BCUT2D eigenvalue weighted by Crippen LogP contribution is -2.15. The van der Waals surface area contributed by atoms with Crippen LogP contribution in [0.4, 0.5) is 5.69 Å². The zero-order valence-electron chi connectivity index (χ0n) is 13.3. The summed E-state index contributed by atoms with van der Waals surface area (Å²) >= 11 is 0. The molecule has 0 saturated heterocycles. The summed E-state index contributed by atoms with van der Waals surface area (Å²) in [5.74, 6) is -0.109. The van der Waals surface area contributed by atoms with Gasteiger partial charge in [0.05, 0.1) is 18.3 Å². The minimum absolute atomic E-state index is 0.109. The number of amides is 1. The molecule has 0 unspecified atom stereocenters. The van der Waals surface area contributed by atoms with Crippen molar-refractivity contribution >= 4 is 33.5 Å². The third-order valence-corrected chi connectivity index (χ3v) is 4.01. The fraction of sp³-hybridized carbons (Fsp3) is 0.105. The molecule has 2 aromatic heterocycles. The number of para-hydroxylation sites is 2. The SMILES string of the molecule is O=C(CCn1ncc2c(=O)oc3ccccc3c21)Nc1ccccc1. The number of nitrogens with one attached hydrogen (secondary N) is 1. The second kappa shape index (κ2) is 6.24. The van der Waals surface area contributed by atoms with E-state index in [9.17, 15) is 9.59 Å². The number of carbonyl (C=O) groups excluding carboxylic acids is 1. The Labute approximate surface area is 142 Å². The third-order valence-electron chi connectivity index (χ3n) is 4.01. The average molecular weight is 333 g/mol. The molecule has 0 saturated carbocycles. The molecule has 0 atom stereocenters. The molecule has 1 amide bonds. The summed E-state index contributed by atoms with van der Waals surface area (Å²) in [7, 11) is 0. The molecular formula is C19H15N3O3. The molecule has 0 spiro atoms. The highest BCUT2D eigenvalue weighted by molar-refractivity contribution is 6.01. The highest BCUT2D eigenvalue weighted by Crippen LogP contribution is 2.22. The van der Waals surface area contributed by atoms with Crippen LogP contribution in [0.15, 0.2) is 70.0 Å². The molecule has 0 aliphatic rings. The van der Waals surface area contributed by atoms with Crippen molar-refractivity contribution in [3.05, 3.63) is 71.2 Å². The lowest BCUT2D eigenvalue weighted by Gasteiger charge is -2.07. The quantitative estimate of drug-likeness (QED) is 0.582. The van der Waals surface area contributed by atoms with Crippen LogP contribution in [0, 0.1) is 0 Å². The van der Waals surface area contributed by atoms with Crippen molar-refractivity contribution in [3.8, 4) is 0 Å². The molecule has 6 heteroatoms. The van der Waals surface area contributed by atoms with Gasteiger partial charge in [-0.2, -0.15) is 5.10 Å². The van der Waals surface area contributed by atoms with E-state index in [1.165, 1.54) is 6.20 Å². The van der Waals surface area contributed by atoms with Crippen molar-refractivity contribution in [1.82, 2.24) is 9.78 Å². The third kappa shape index (κ3) is 2.89. The van der Waals surface area contributed by atoms with Crippen LogP contribution in [0.2, 0.25) is 0 Å². The molecule has 124 valence electrons. The van der Waals surface area contributed by atoms with Crippen LogP contribution < -0.4 is 10.9 Å². The van der Waals surface area contributed by atoms with Gasteiger partial charge in [0.1, 0.15) is 11.0 Å². The van der Waals surface area contributed by atoms with Crippen LogP contribution in [0.3, 0.4) is 0 Å². The van der Waals surface area contributed by atoms with Gasteiger partial charge < -0.3 is 9.73 Å². The van der Waals surface area contributed by atoms with Gasteiger partial charge >= 0.3 is 5.63 Å². The standard InChI is InChI=1S/C19H15N3O3/c23-17(21-13-6-2-1-3-7-13)10-11-22-18-14-8-4-5-9-16(14)25-19(24)15(18)12-20-22/h1-9,12H,10-11H2,(H,21,23). The van der Waals surface area contributed by atoms with Gasteiger partial charge in [-0.3, -0.25) is 9.48 Å². The van der Waals surface area contributed by atoms with E-state index in [2.05, 4.69) is 10.4 Å². The fourth-order valence-corrected chi connectivity index (χ4v) is 2.85. The van der Waals surface area contributed by atoms with Crippen LogP contribution in [0.5, 0.6) is 0 Å². The number of aromatic nitrogens is 2. The van der Waals surface area contributed by atoms with E-state index in [-0.39, 0.29) is 12.3 Å². The van der Waals surface area contributed by atoms with Gasteiger partial charge in [-0.05, 0) is 24.3 Å². The van der Waals surface area contributed by atoms with Crippen molar-refractivity contribution in [3.63, 3.8) is 0 Å². The van der Waals surface area contributed by atoms with Gasteiger partial charge in [-0.1, -0.05) is 30.3 Å². The Morgan fingerprint density at radius 2 is 1.80 bits per heavy atom. The number of hydrogen-bond acceptors (Lipinski definition) is 4. The maximum absolute atomic E-state index is 12.1. The molecule has 25 heavy (non-hydrogen) atoms. The topological polar surface area (TPSA) is 77.1 Å². The van der Waals surface area contributed by atoms with E-state index >= 15 is 0 Å². The zero-order valence-corrected chi connectivity index (χ0v) is 13.3. The maximum atomic E-state index is 12.1. The number of hydrogen-bond donors (Lipinski definition) is 1. The normalized spacial score (nSPS) is 11.0. The number of aryl methyl sites for hydroxylation is 1. The van der Waals surface area contributed by atoms with Crippen LogP contribution >= 0.6 is 0 Å². The Balaban J connectivity index is 1.62. The minimum atomic E-state index is -0.423. The van der Waals surface area contributed by atoms with Crippen LogP contribution in [0.1, 0.15) is 6.42 Å². The van der Waals surface area contributed by atoms with Gasteiger partial charge in [0.15, 0.2) is 0 Å². The Hall–Kier alpha value is -3.41. The first-order valence-corrected chi connectivity index (χ1v) is 7.94. The predicted molar refractivity (Wildman–Crippen MR) is 95.5 cm³/mol. The number of anilines is 1. The van der Waals surface area contributed by atoms with Gasteiger partial charge in [-0.15, -0.1) is 0 Å². The molecule has 0 fully saturated rings. The first kappa shape index (κ1) is 15.1. The summed E-state index contributed by atoms with van der Waals surface area (Å²) in [6.45, 7) is 0.371. The summed E-state index contributed by atoms with van der Waals surface area (Å²) in [6.07, 6.45) is 1.74.